The number of nitrogens with zero attached hydrogens (tertiary/aromatic N) is 3. The number of likely N-dealkylation sites (tertiary alicyclic amines) is 1. The van der Waals surface area contributed by atoms with Crippen LogP contribution in [0.3, 0.4) is 0 Å². The van der Waals surface area contributed by atoms with E-state index in [2.05, 4.69) is 20.2 Å². The minimum Gasteiger partial charge on any atom is -0.349 e. The zero-order valence-corrected chi connectivity index (χ0v) is 14.8. The average molecular weight is 363 g/mol. The average Bonchev–Trinajstić information content (AvgIpc) is 3.11. The van der Waals surface area contributed by atoms with Crippen LogP contribution in [0.1, 0.15) is 40.8 Å². The highest BCUT2D eigenvalue weighted by molar-refractivity contribution is 6.31. The molecule has 1 aliphatic rings. The molecule has 1 aromatic heterocycles. The molecule has 25 heavy (non-hydrogen) atoms. The Hall–Kier alpha value is -2.05. The number of benzene rings is 1. The number of carbonyl (C=O) groups is 1. The first-order valence-electron chi connectivity index (χ1n) is 8.32. The third-order valence-electron chi connectivity index (χ3n) is 4.38. The SMILES string of the molecule is Cc1nccc(C(=O)NCC(c2c(F)cccc2Cl)N2CCCC2)n1. The minimum atomic E-state index is -0.350. The van der Waals surface area contributed by atoms with E-state index in [1.807, 2.05) is 0 Å². The maximum atomic E-state index is 14.4. The van der Waals surface area contributed by atoms with Gasteiger partial charge in [-0.05, 0) is 51.1 Å². The van der Waals surface area contributed by atoms with E-state index in [0.717, 1.165) is 25.9 Å². The van der Waals surface area contributed by atoms with Crippen LogP contribution < -0.4 is 5.32 Å². The summed E-state index contributed by atoms with van der Waals surface area (Å²) in [5.74, 6) is -0.125. The third kappa shape index (κ3) is 4.14. The van der Waals surface area contributed by atoms with Gasteiger partial charge in [0.25, 0.3) is 5.91 Å². The van der Waals surface area contributed by atoms with Crippen molar-refractivity contribution in [2.24, 2.45) is 0 Å². The van der Waals surface area contributed by atoms with Crippen LogP contribution in [0.25, 0.3) is 0 Å². The Morgan fingerprint density at radius 3 is 2.80 bits per heavy atom. The molecular weight excluding hydrogens is 343 g/mol. The van der Waals surface area contributed by atoms with E-state index < -0.39 is 0 Å². The highest BCUT2D eigenvalue weighted by Crippen LogP contribution is 2.31. The highest BCUT2D eigenvalue weighted by atomic mass is 35.5. The molecule has 0 spiro atoms. The fourth-order valence-electron chi connectivity index (χ4n) is 3.16. The summed E-state index contributed by atoms with van der Waals surface area (Å²) in [6, 6.07) is 5.93. The maximum Gasteiger partial charge on any atom is 0.270 e. The Labute approximate surface area is 151 Å². The van der Waals surface area contributed by atoms with Gasteiger partial charge in [0.2, 0.25) is 0 Å². The molecular formula is C18H20ClFN4O. The Morgan fingerprint density at radius 1 is 1.36 bits per heavy atom. The summed E-state index contributed by atoms with van der Waals surface area (Å²) in [6.45, 7) is 3.71. The van der Waals surface area contributed by atoms with Gasteiger partial charge in [-0.2, -0.15) is 0 Å². The molecule has 132 valence electrons. The summed E-state index contributed by atoms with van der Waals surface area (Å²) in [4.78, 5) is 22.6. The fourth-order valence-corrected chi connectivity index (χ4v) is 3.45. The molecule has 7 heteroatoms. The Morgan fingerprint density at radius 2 is 2.12 bits per heavy atom. The summed E-state index contributed by atoms with van der Waals surface area (Å²) >= 11 is 6.26. The molecule has 1 atom stereocenters. The van der Waals surface area contributed by atoms with Gasteiger partial charge in [0.05, 0.1) is 6.04 Å². The number of nitrogens with one attached hydrogen (secondary N) is 1. The van der Waals surface area contributed by atoms with E-state index >= 15 is 0 Å². The number of carbonyl (C=O) groups excluding carboxylic acids is 1. The number of aryl methyl sites for hydroxylation is 1. The second-order valence-corrected chi connectivity index (χ2v) is 6.50. The summed E-state index contributed by atoms with van der Waals surface area (Å²) in [5, 5.41) is 3.24. The van der Waals surface area contributed by atoms with Gasteiger partial charge >= 0.3 is 0 Å². The number of rotatable bonds is 5. The van der Waals surface area contributed by atoms with Crippen molar-refractivity contribution in [2.75, 3.05) is 19.6 Å². The molecule has 1 fully saturated rings. The lowest BCUT2D eigenvalue weighted by molar-refractivity contribution is 0.0931. The van der Waals surface area contributed by atoms with Gasteiger partial charge in [0.15, 0.2) is 0 Å². The van der Waals surface area contributed by atoms with Gasteiger partial charge in [-0.25, -0.2) is 14.4 Å². The number of aromatic nitrogens is 2. The maximum absolute atomic E-state index is 14.4. The number of amides is 1. The predicted molar refractivity (Wildman–Crippen MR) is 94.1 cm³/mol. The van der Waals surface area contributed by atoms with Gasteiger partial charge in [0, 0.05) is 23.3 Å². The molecule has 0 aliphatic carbocycles. The lowest BCUT2D eigenvalue weighted by atomic mass is 10.0. The molecule has 0 bridgehead atoms. The van der Waals surface area contributed by atoms with Gasteiger partial charge in [0.1, 0.15) is 17.3 Å². The molecule has 1 amide bonds. The van der Waals surface area contributed by atoms with Crippen LogP contribution >= 0.6 is 11.6 Å². The van der Waals surface area contributed by atoms with Gasteiger partial charge in [-0.1, -0.05) is 17.7 Å². The predicted octanol–water partition coefficient (Wildman–Crippen LogP) is 3.14. The van der Waals surface area contributed by atoms with Crippen LogP contribution in [0.2, 0.25) is 5.02 Å². The molecule has 2 aromatic rings. The normalized spacial score (nSPS) is 16.0. The molecule has 1 N–H and O–H groups in total. The van der Waals surface area contributed by atoms with E-state index in [-0.39, 0.29) is 24.3 Å². The molecule has 3 rings (SSSR count). The summed E-state index contributed by atoms with van der Waals surface area (Å²) < 4.78 is 14.4. The van der Waals surface area contributed by atoms with Crippen molar-refractivity contribution in [1.82, 2.24) is 20.2 Å². The second kappa shape index (κ2) is 7.89. The fraction of sp³-hybridized carbons (Fsp3) is 0.389. The number of halogens is 2. The summed E-state index contributed by atoms with van der Waals surface area (Å²) in [5.41, 5.74) is 0.734. The molecule has 1 aliphatic heterocycles. The quantitative estimate of drug-likeness (QED) is 0.887. The van der Waals surface area contributed by atoms with E-state index in [1.165, 1.54) is 6.07 Å². The van der Waals surface area contributed by atoms with Crippen LogP contribution in [-0.2, 0) is 0 Å². The largest absolute Gasteiger partial charge is 0.349 e. The molecule has 0 radical (unpaired) electrons. The van der Waals surface area contributed by atoms with Gasteiger partial charge in [-0.3, -0.25) is 9.69 Å². The standard InChI is InChI=1S/C18H20ClFN4O/c1-12-21-8-7-15(23-12)18(25)22-11-16(24-9-2-3-10-24)17-13(19)5-4-6-14(17)20/h4-8,16H,2-3,9-11H2,1H3,(H,22,25). The Kier molecular flexibility index (Phi) is 5.60. The number of hydrogen-bond donors (Lipinski definition) is 1. The Balaban J connectivity index is 1.80. The van der Waals surface area contributed by atoms with Crippen LogP contribution in [0.15, 0.2) is 30.5 Å². The second-order valence-electron chi connectivity index (χ2n) is 6.09. The summed E-state index contributed by atoms with van der Waals surface area (Å²) in [6.07, 6.45) is 3.66. The van der Waals surface area contributed by atoms with Crippen LogP contribution in [0.4, 0.5) is 4.39 Å². The van der Waals surface area contributed by atoms with Crippen molar-refractivity contribution >= 4 is 17.5 Å². The molecule has 5 nitrogen and oxygen atoms in total. The molecule has 2 heterocycles. The van der Waals surface area contributed by atoms with Crippen molar-refractivity contribution in [2.45, 2.75) is 25.8 Å². The van der Waals surface area contributed by atoms with Crippen molar-refractivity contribution < 1.29 is 9.18 Å². The highest BCUT2D eigenvalue weighted by Gasteiger charge is 2.28. The zero-order chi connectivity index (χ0) is 17.8. The van der Waals surface area contributed by atoms with Crippen LogP contribution in [0, 0.1) is 12.7 Å². The van der Waals surface area contributed by atoms with E-state index in [4.69, 9.17) is 11.6 Å². The topological polar surface area (TPSA) is 58.1 Å². The van der Waals surface area contributed by atoms with Gasteiger partial charge in [-0.15, -0.1) is 0 Å². The molecule has 1 aromatic carbocycles. The summed E-state index contributed by atoms with van der Waals surface area (Å²) in [7, 11) is 0. The van der Waals surface area contributed by atoms with Crippen molar-refractivity contribution in [3.63, 3.8) is 0 Å². The van der Waals surface area contributed by atoms with Crippen molar-refractivity contribution in [3.8, 4) is 0 Å². The van der Waals surface area contributed by atoms with Crippen LogP contribution in [-0.4, -0.2) is 40.4 Å². The first-order chi connectivity index (χ1) is 12.1. The lowest BCUT2D eigenvalue weighted by Crippen LogP contribution is -2.37. The number of hydrogen-bond acceptors (Lipinski definition) is 4. The molecule has 1 saturated heterocycles. The molecule has 0 saturated carbocycles. The third-order valence-corrected chi connectivity index (χ3v) is 4.71. The van der Waals surface area contributed by atoms with Crippen molar-refractivity contribution in [1.29, 1.82) is 0 Å². The van der Waals surface area contributed by atoms with Gasteiger partial charge < -0.3 is 5.32 Å². The van der Waals surface area contributed by atoms with Crippen molar-refractivity contribution in [3.05, 3.63) is 58.4 Å². The molecule has 1 unspecified atom stereocenters. The van der Waals surface area contributed by atoms with E-state index in [1.54, 1.807) is 31.3 Å². The first kappa shape index (κ1) is 17.8. The van der Waals surface area contributed by atoms with E-state index in [9.17, 15) is 9.18 Å². The van der Waals surface area contributed by atoms with E-state index in [0.29, 0.717) is 22.1 Å². The lowest BCUT2D eigenvalue weighted by Gasteiger charge is -2.29. The van der Waals surface area contributed by atoms with Crippen LogP contribution in [0.5, 0.6) is 0 Å². The minimum absolute atomic E-state index is 0.266. The first-order valence-corrected chi connectivity index (χ1v) is 8.70. The zero-order valence-electron chi connectivity index (χ0n) is 14.0. The monoisotopic (exact) mass is 362 g/mol. The smallest absolute Gasteiger partial charge is 0.270 e. The Bertz CT molecular complexity index is 744.